The van der Waals surface area contributed by atoms with Crippen molar-refractivity contribution in [2.45, 2.75) is 19.5 Å². The Morgan fingerprint density at radius 2 is 2.05 bits per heavy atom. The van der Waals surface area contributed by atoms with Gasteiger partial charge in [-0.05, 0) is 19.5 Å². The zero-order valence-corrected chi connectivity index (χ0v) is 12.6. The Balaban J connectivity index is 1.70. The van der Waals surface area contributed by atoms with Gasteiger partial charge in [-0.25, -0.2) is 0 Å². The number of aryl methyl sites for hydroxylation is 1. The third-order valence-corrected chi connectivity index (χ3v) is 3.46. The highest BCUT2D eigenvalue weighted by atomic mass is 15.2. The lowest BCUT2D eigenvalue weighted by atomic mass is 10.2. The molecule has 1 aromatic carbocycles. The molecule has 2 aromatic rings. The van der Waals surface area contributed by atoms with E-state index in [-0.39, 0.29) is 0 Å². The molecule has 0 aliphatic heterocycles. The summed E-state index contributed by atoms with van der Waals surface area (Å²) in [5.74, 6) is 0. The third kappa shape index (κ3) is 4.47. The van der Waals surface area contributed by atoms with E-state index < -0.39 is 0 Å². The Labute approximate surface area is 121 Å². The highest BCUT2D eigenvalue weighted by Gasteiger charge is 2.07. The first-order valence-corrected chi connectivity index (χ1v) is 7.09. The van der Waals surface area contributed by atoms with E-state index >= 15 is 0 Å². The van der Waals surface area contributed by atoms with Crippen LogP contribution in [0, 0.1) is 0 Å². The molecular formula is C16H24N4. The van der Waals surface area contributed by atoms with Crippen LogP contribution in [-0.4, -0.2) is 34.8 Å². The van der Waals surface area contributed by atoms with Crippen LogP contribution in [0.4, 0.5) is 0 Å². The molecule has 0 fully saturated rings. The lowest BCUT2D eigenvalue weighted by molar-refractivity contribution is 0.319. The Kier molecular flexibility index (Phi) is 5.32. The van der Waals surface area contributed by atoms with Gasteiger partial charge in [0.25, 0.3) is 0 Å². The molecule has 0 saturated heterocycles. The number of hydrogen-bond acceptors (Lipinski definition) is 3. The Morgan fingerprint density at radius 1 is 1.30 bits per heavy atom. The number of benzene rings is 1. The Bertz CT molecular complexity index is 506. The molecule has 0 saturated carbocycles. The number of nitrogens with zero attached hydrogens (tertiary/aromatic N) is 3. The molecule has 1 N–H and O–H groups in total. The van der Waals surface area contributed by atoms with Crippen molar-refractivity contribution in [3.8, 4) is 0 Å². The molecule has 1 aromatic heterocycles. The van der Waals surface area contributed by atoms with Gasteiger partial charge in [0.05, 0.1) is 6.20 Å². The number of hydrogen-bond donors (Lipinski definition) is 1. The summed E-state index contributed by atoms with van der Waals surface area (Å²) < 4.78 is 1.84. The Morgan fingerprint density at radius 3 is 2.70 bits per heavy atom. The fourth-order valence-corrected chi connectivity index (χ4v) is 2.23. The standard InChI is InChI=1S/C16H24N4/c1-14(16-11-18-20(3)13-16)17-9-10-19(2)12-15-7-5-4-6-8-15/h4-8,11,13-14,17H,9-10,12H2,1-3H3/t14-/m1/s1. The van der Waals surface area contributed by atoms with Crippen molar-refractivity contribution in [2.24, 2.45) is 7.05 Å². The third-order valence-electron chi connectivity index (χ3n) is 3.46. The maximum atomic E-state index is 4.20. The van der Waals surface area contributed by atoms with E-state index in [9.17, 15) is 0 Å². The number of likely N-dealkylation sites (N-methyl/N-ethyl adjacent to an activating group) is 1. The molecule has 0 aliphatic carbocycles. The summed E-state index contributed by atoms with van der Waals surface area (Å²) in [6.07, 6.45) is 3.98. The predicted octanol–water partition coefficient (Wildman–Crippen LogP) is 2.20. The SMILES string of the molecule is C[C@@H](NCCN(C)Cc1ccccc1)c1cnn(C)c1. The molecule has 0 amide bonds. The average Bonchev–Trinajstić information content (AvgIpc) is 2.86. The summed E-state index contributed by atoms with van der Waals surface area (Å²) in [4.78, 5) is 2.33. The number of rotatable bonds is 7. The van der Waals surface area contributed by atoms with Gasteiger partial charge in [0.1, 0.15) is 0 Å². The van der Waals surface area contributed by atoms with Gasteiger partial charge in [-0.3, -0.25) is 4.68 Å². The molecule has 4 nitrogen and oxygen atoms in total. The van der Waals surface area contributed by atoms with E-state index in [1.807, 2.05) is 17.9 Å². The van der Waals surface area contributed by atoms with E-state index in [2.05, 4.69) is 65.8 Å². The first-order chi connectivity index (χ1) is 9.65. The van der Waals surface area contributed by atoms with Crippen LogP contribution in [0.2, 0.25) is 0 Å². The monoisotopic (exact) mass is 272 g/mol. The van der Waals surface area contributed by atoms with Crippen molar-refractivity contribution in [2.75, 3.05) is 20.1 Å². The molecule has 1 atom stereocenters. The van der Waals surface area contributed by atoms with E-state index in [0.29, 0.717) is 6.04 Å². The summed E-state index contributed by atoms with van der Waals surface area (Å²) in [6.45, 7) is 5.16. The smallest absolute Gasteiger partial charge is 0.0537 e. The molecule has 0 aliphatic rings. The number of nitrogens with one attached hydrogen (secondary N) is 1. The summed E-state index contributed by atoms with van der Waals surface area (Å²) in [6, 6.07) is 10.9. The number of aromatic nitrogens is 2. The molecular weight excluding hydrogens is 248 g/mol. The summed E-state index contributed by atoms with van der Waals surface area (Å²) in [7, 11) is 4.10. The van der Waals surface area contributed by atoms with Gasteiger partial charge < -0.3 is 10.2 Å². The Hall–Kier alpha value is -1.65. The van der Waals surface area contributed by atoms with Crippen LogP contribution in [0.5, 0.6) is 0 Å². The van der Waals surface area contributed by atoms with Gasteiger partial charge in [0, 0.05) is 44.5 Å². The van der Waals surface area contributed by atoms with Crippen LogP contribution in [0.1, 0.15) is 24.1 Å². The molecule has 1 heterocycles. The minimum atomic E-state index is 0.342. The van der Waals surface area contributed by atoms with Crippen LogP contribution in [0.15, 0.2) is 42.7 Å². The minimum absolute atomic E-state index is 0.342. The fraction of sp³-hybridized carbons (Fsp3) is 0.438. The largest absolute Gasteiger partial charge is 0.309 e. The van der Waals surface area contributed by atoms with Crippen LogP contribution >= 0.6 is 0 Å². The average molecular weight is 272 g/mol. The van der Waals surface area contributed by atoms with Gasteiger partial charge in [-0.15, -0.1) is 0 Å². The molecule has 4 heteroatoms. The first-order valence-electron chi connectivity index (χ1n) is 7.09. The zero-order valence-electron chi connectivity index (χ0n) is 12.6. The molecule has 108 valence electrons. The minimum Gasteiger partial charge on any atom is -0.309 e. The van der Waals surface area contributed by atoms with Crippen LogP contribution < -0.4 is 5.32 Å². The topological polar surface area (TPSA) is 33.1 Å². The fourth-order valence-electron chi connectivity index (χ4n) is 2.23. The lowest BCUT2D eigenvalue weighted by Gasteiger charge is -2.19. The summed E-state index contributed by atoms with van der Waals surface area (Å²) in [5.41, 5.74) is 2.59. The normalized spacial score (nSPS) is 12.8. The van der Waals surface area contributed by atoms with Crippen molar-refractivity contribution in [3.63, 3.8) is 0 Å². The van der Waals surface area contributed by atoms with E-state index in [4.69, 9.17) is 0 Å². The zero-order chi connectivity index (χ0) is 14.4. The second-order valence-corrected chi connectivity index (χ2v) is 5.35. The van der Waals surface area contributed by atoms with Crippen molar-refractivity contribution in [1.29, 1.82) is 0 Å². The second-order valence-electron chi connectivity index (χ2n) is 5.35. The van der Waals surface area contributed by atoms with Crippen LogP contribution in [0.25, 0.3) is 0 Å². The molecule has 0 bridgehead atoms. The summed E-state index contributed by atoms with van der Waals surface area (Å²) >= 11 is 0. The van der Waals surface area contributed by atoms with Gasteiger partial charge in [0.15, 0.2) is 0 Å². The van der Waals surface area contributed by atoms with Gasteiger partial charge in [-0.1, -0.05) is 30.3 Å². The van der Waals surface area contributed by atoms with Crippen LogP contribution in [0.3, 0.4) is 0 Å². The molecule has 0 unspecified atom stereocenters. The molecule has 0 spiro atoms. The van der Waals surface area contributed by atoms with Crippen LogP contribution in [-0.2, 0) is 13.6 Å². The summed E-state index contributed by atoms with van der Waals surface area (Å²) in [5, 5.41) is 7.74. The van der Waals surface area contributed by atoms with E-state index in [1.165, 1.54) is 11.1 Å². The van der Waals surface area contributed by atoms with Crippen molar-refractivity contribution >= 4 is 0 Å². The predicted molar refractivity (Wildman–Crippen MR) is 82.4 cm³/mol. The van der Waals surface area contributed by atoms with Gasteiger partial charge >= 0.3 is 0 Å². The van der Waals surface area contributed by atoms with Gasteiger partial charge in [0.2, 0.25) is 0 Å². The maximum Gasteiger partial charge on any atom is 0.0537 e. The molecule has 20 heavy (non-hydrogen) atoms. The maximum absolute atomic E-state index is 4.20. The first kappa shape index (κ1) is 14.8. The van der Waals surface area contributed by atoms with Crippen molar-refractivity contribution in [3.05, 3.63) is 53.9 Å². The highest BCUT2D eigenvalue weighted by molar-refractivity contribution is 5.14. The highest BCUT2D eigenvalue weighted by Crippen LogP contribution is 2.09. The molecule has 0 radical (unpaired) electrons. The quantitative estimate of drug-likeness (QED) is 0.839. The van der Waals surface area contributed by atoms with Crippen molar-refractivity contribution in [1.82, 2.24) is 20.0 Å². The second kappa shape index (κ2) is 7.22. The van der Waals surface area contributed by atoms with Gasteiger partial charge in [-0.2, -0.15) is 5.10 Å². The van der Waals surface area contributed by atoms with E-state index in [0.717, 1.165) is 19.6 Å². The molecule has 2 rings (SSSR count). The van der Waals surface area contributed by atoms with Crippen molar-refractivity contribution < 1.29 is 0 Å². The van der Waals surface area contributed by atoms with E-state index in [1.54, 1.807) is 0 Å². The lowest BCUT2D eigenvalue weighted by Crippen LogP contribution is -2.30.